The van der Waals surface area contributed by atoms with Crippen LogP contribution < -0.4 is 4.90 Å². The number of amides is 1. The zero-order valence-corrected chi connectivity index (χ0v) is 20.5. The van der Waals surface area contributed by atoms with E-state index in [1.54, 1.807) is 23.1 Å². The topological polar surface area (TPSA) is 33.2 Å². The minimum atomic E-state index is -0.0230. The predicted octanol–water partition coefficient (Wildman–Crippen LogP) is 7.77. The standard InChI is InChI=1S/C27H28N2OS2/c1-18(2)23-14-9-15-24-25(23)28-27(32-24)29(17-20-10-6-5-7-11-20)26(30)21-12-8-13-22(16-21)31-19(3)4/h5-16,18-19H,17H2,1-4H3. The first-order chi connectivity index (χ1) is 15.4. The predicted molar refractivity (Wildman–Crippen MR) is 138 cm³/mol. The molecule has 0 aliphatic heterocycles. The van der Waals surface area contributed by atoms with Gasteiger partial charge in [-0.05, 0) is 41.3 Å². The Morgan fingerprint density at radius 2 is 1.72 bits per heavy atom. The zero-order chi connectivity index (χ0) is 22.7. The maximum absolute atomic E-state index is 13.8. The van der Waals surface area contributed by atoms with E-state index < -0.39 is 0 Å². The van der Waals surface area contributed by atoms with Gasteiger partial charge in [0.1, 0.15) is 0 Å². The zero-order valence-electron chi connectivity index (χ0n) is 18.9. The Balaban J connectivity index is 1.77. The molecule has 1 amide bonds. The van der Waals surface area contributed by atoms with Crippen LogP contribution in [0.2, 0.25) is 0 Å². The Bertz CT molecular complexity index is 1210. The van der Waals surface area contributed by atoms with Crippen LogP contribution >= 0.6 is 23.1 Å². The number of fused-ring (bicyclic) bond motifs is 1. The Kier molecular flexibility index (Phi) is 6.97. The number of nitrogens with zero attached hydrogens (tertiary/aromatic N) is 2. The Morgan fingerprint density at radius 3 is 2.44 bits per heavy atom. The largest absolute Gasteiger partial charge is 0.279 e. The summed E-state index contributed by atoms with van der Waals surface area (Å²) in [5.41, 5.74) is 3.98. The summed E-state index contributed by atoms with van der Waals surface area (Å²) in [4.78, 5) is 21.7. The number of para-hydroxylation sites is 1. The van der Waals surface area contributed by atoms with Crippen molar-refractivity contribution in [2.75, 3.05) is 4.90 Å². The molecule has 0 unspecified atom stereocenters. The molecule has 32 heavy (non-hydrogen) atoms. The SMILES string of the molecule is CC(C)Sc1cccc(C(=O)N(Cc2ccccc2)c2nc3c(C(C)C)cccc3s2)c1. The lowest BCUT2D eigenvalue weighted by Crippen LogP contribution is -2.30. The van der Waals surface area contributed by atoms with Crippen molar-refractivity contribution in [2.24, 2.45) is 0 Å². The summed E-state index contributed by atoms with van der Waals surface area (Å²) in [6.45, 7) is 9.16. The van der Waals surface area contributed by atoms with E-state index in [4.69, 9.17) is 4.98 Å². The number of thioether (sulfide) groups is 1. The molecule has 0 saturated carbocycles. The summed E-state index contributed by atoms with van der Waals surface area (Å²) in [5, 5.41) is 1.20. The first-order valence-corrected chi connectivity index (χ1v) is 12.6. The van der Waals surface area contributed by atoms with Crippen LogP contribution in [-0.4, -0.2) is 16.1 Å². The minimum absolute atomic E-state index is 0.0230. The van der Waals surface area contributed by atoms with Crippen LogP contribution in [0.4, 0.5) is 5.13 Å². The molecule has 4 rings (SSSR count). The molecule has 1 aromatic heterocycles. The summed E-state index contributed by atoms with van der Waals surface area (Å²) in [7, 11) is 0. The van der Waals surface area contributed by atoms with Gasteiger partial charge >= 0.3 is 0 Å². The second-order valence-electron chi connectivity index (χ2n) is 8.42. The van der Waals surface area contributed by atoms with Crippen molar-refractivity contribution in [1.82, 2.24) is 4.98 Å². The van der Waals surface area contributed by atoms with Crippen molar-refractivity contribution in [2.45, 2.75) is 50.3 Å². The molecule has 5 heteroatoms. The molecule has 0 N–H and O–H groups in total. The summed E-state index contributed by atoms with van der Waals surface area (Å²) < 4.78 is 1.11. The molecule has 4 aromatic rings. The number of aromatic nitrogens is 1. The molecule has 164 valence electrons. The maximum atomic E-state index is 13.8. The van der Waals surface area contributed by atoms with Gasteiger partial charge < -0.3 is 0 Å². The van der Waals surface area contributed by atoms with Crippen LogP contribution in [0.3, 0.4) is 0 Å². The van der Waals surface area contributed by atoms with Gasteiger partial charge in [-0.25, -0.2) is 4.98 Å². The van der Waals surface area contributed by atoms with Crippen molar-refractivity contribution >= 4 is 44.4 Å². The second-order valence-corrected chi connectivity index (χ2v) is 11.1. The maximum Gasteiger partial charge on any atom is 0.260 e. The highest BCUT2D eigenvalue weighted by molar-refractivity contribution is 7.99. The van der Waals surface area contributed by atoms with Crippen molar-refractivity contribution < 1.29 is 4.79 Å². The molecule has 0 atom stereocenters. The number of thiazole rings is 1. The third-order valence-corrected chi connectivity index (χ3v) is 7.21. The van der Waals surface area contributed by atoms with E-state index >= 15 is 0 Å². The highest BCUT2D eigenvalue weighted by Crippen LogP contribution is 2.35. The number of hydrogen-bond acceptors (Lipinski definition) is 4. The first-order valence-electron chi connectivity index (χ1n) is 10.9. The second kappa shape index (κ2) is 9.88. The number of benzene rings is 3. The van der Waals surface area contributed by atoms with Crippen molar-refractivity contribution in [3.63, 3.8) is 0 Å². The summed E-state index contributed by atoms with van der Waals surface area (Å²) in [6, 6.07) is 24.3. The molecule has 0 radical (unpaired) electrons. The number of anilines is 1. The summed E-state index contributed by atoms with van der Waals surface area (Å²) >= 11 is 3.35. The molecule has 0 spiro atoms. The fourth-order valence-electron chi connectivity index (χ4n) is 3.66. The van der Waals surface area contributed by atoms with E-state index in [9.17, 15) is 4.79 Å². The third-order valence-electron chi connectivity index (χ3n) is 5.17. The number of rotatable bonds is 7. The smallest absolute Gasteiger partial charge is 0.260 e. The van der Waals surface area contributed by atoms with Crippen LogP contribution in [-0.2, 0) is 6.54 Å². The van der Waals surface area contributed by atoms with Crippen molar-refractivity contribution in [1.29, 1.82) is 0 Å². The molecule has 0 fully saturated rings. The van der Waals surface area contributed by atoms with Crippen LogP contribution in [0.5, 0.6) is 0 Å². The van der Waals surface area contributed by atoms with Crippen molar-refractivity contribution in [3.8, 4) is 0 Å². The quantitative estimate of drug-likeness (QED) is 0.264. The molecular formula is C27H28N2OS2. The van der Waals surface area contributed by atoms with Gasteiger partial charge in [-0.2, -0.15) is 0 Å². The van der Waals surface area contributed by atoms with Gasteiger partial charge in [0.15, 0.2) is 5.13 Å². The van der Waals surface area contributed by atoms with Crippen LogP contribution in [0.15, 0.2) is 77.7 Å². The van der Waals surface area contributed by atoms with Gasteiger partial charge in [-0.3, -0.25) is 9.69 Å². The fraction of sp³-hybridized carbons (Fsp3) is 0.259. The van der Waals surface area contributed by atoms with Gasteiger partial charge in [-0.15, -0.1) is 11.8 Å². The Morgan fingerprint density at radius 1 is 0.969 bits per heavy atom. The van der Waals surface area contributed by atoms with E-state index in [-0.39, 0.29) is 5.91 Å². The van der Waals surface area contributed by atoms with Crippen LogP contribution in [0.25, 0.3) is 10.2 Å². The molecule has 0 bridgehead atoms. The Hall–Kier alpha value is -2.63. The number of carbonyl (C=O) groups excluding carboxylic acids is 1. The van der Waals surface area contributed by atoms with Crippen molar-refractivity contribution in [3.05, 3.63) is 89.5 Å². The van der Waals surface area contributed by atoms with E-state index in [0.717, 1.165) is 25.8 Å². The van der Waals surface area contributed by atoms with Gasteiger partial charge in [0.05, 0.1) is 16.8 Å². The lowest BCUT2D eigenvalue weighted by atomic mass is 10.0. The van der Waals surface area contributed by atoms with Gasteiger partial charge in [0.25, 0.3) is 5.91 Å². The van der Waals surface area contributed by atoms with Gasteiger partial charge in [-0.1, -0.05) is 87.6 Å². The summed E-state index contributed by atoms with van der Waals surface area (Å²) in [6.07, 6.45) is 0. The molecule has 0 saturated heterocycles. The minimum Gasteiger partial charge on any atom is -0.279 e. The van der Waals surface area contributed by atoms with Gasteiger partial charge in [0.2, 0.25) is 0 Å². The lowest BCUT2D eigenvalue weighted by Gasteiger charge is -2.20. The average Bonchev–Trinajstić information content (AvgIpc) is 3.21. The highest BCUT2D eigenvalue weighted by Gasteiger charge is 2.23. The van der Waals surface area contributed by atoms with E-state index in [0.29, 0.717) is 23.3 Å². The summed E-state index contributed by atoms with van der Waals surface area (Å²) in [5.74, 6) is 0.349. The van der Waals surface area contributed by atoms with E-state index in [1.807, 2.05) is 41.3 Å². The number of hydrogen-bond donors (Lipinski definition) is 0. The third kappa shape index (κ3) is 5.05. The van der Waals surface area contributed by atoms with E-state index in [2.05, 4.69) is 64.1 Å². The monoisotopic (exact) mass is 460 g/mol. The number of carbonyl (C=O) groups is 1. The molecule has 0 aliphatic rings. The first kappa shape index (κ1) is 22.6. The molecule has 3 aromatic carbocycles. The van der Waals surface area contributed by atoms with Gasteiger partial charge in [0, 0.05) is 15.7 Å². The molecular weight excluding hydrogens is 432 g/mol. The van der Waals surface area contributed by atoms with Crippen LogP contribution in [0, 0.1) is 0 Å². The molecule has 1 heterocycles. The molecule has 3 nitrogen and oxygen atoms in total. The Labute approximate surface area is 198 Å². The lowest BCUT2D eigenvalue weighted by molar-refractivity contribution is 0.0985. The molecule has 0 aliphatic carbocycles. The van der Waals surface area contributed by atoms with Crippen LogP contribution in [0.1, 0.15) is 55.1 Å². The fourth-order valence-corrected chi connectivity index (χ4v) is 5.56. The highest BCUT2D eigenvalue weighted by atomic mass is 32.2. The van der Waals surface area contributed by atoms with E-state index in [1.165, 1.54) is 5.56 Å². The normalized spacial score (nSPS) is 11.4. The average molecular weight is 461 g/mol.